The van der Waals surface area contributed by atoms with Gasteiger partial charge in [0.1, 0.15) is 5.82 Å². The predicted molar refractivity (Wildman–Crippen MR) is 110 cm³/mol. The molecule has 6 heteroatoms. The van der Waals surface area contributed by atoms with Crippen LogP contribution in [0, 0.1) is 5.82 Å². The minimum atomic E-state index is -0.384. The van der Waals surface area contributed by atoms with E-state index in [0.717, 1.165) is 31.0 Å². The number of halogens is 2. The number of benzene rings is 2. The Labute approximate surface area is 164 Å². The van der Waals surface area contributed by atoms with Gasteiger partial charge >= 0.3 is 0 Å². The lowest BCUT2D eigenvalue weighted by Gasteiger charge is -2.22. The molecule has 0 aromatic heterocycles. The van der Waals surface area contributed by atoms with Gasteiger partial charge in [0.2, 0.25) is 0 Å². The average Bonchev–Trinajstić information content (AvgIpc) is 3.04. The summed E-state index contributed by atoms with van der Waals surface area (Å²) in [6, 6.07) is 13.1. The van der Waals surface area contributed by atoms with Gasteiger partial charge < -0.3 is 15.3 Å². The van der Waals surface area contributed by atoms with Crippen molar-refractivity contribution in [2.75, 3.05) is 18.0 Å². The molecule has 0 unspecified atom stereocenters. The Morgan fingerprint density at radius 3 is 2.84 bits per heavy atom. The molecule has 0 spiro atoms. The van der Waals surface area contributed by atoms with Crippen LogP contribution in [0.25, 0.3) is 0 Å². The van der Waals surface area contributed by atoms with Crippen LogP contribution in [0.15, 0.2) is 47.5 Å². The monoisotopic (exact) mass is 455 g/mol. The highest BCUT2D eigenvalue weighted by Crippen LogP contribution is 2.27. The van der Waals surface area contributed by atoms with E-state index < -0.39 is 0 Å². The molecule has 25 heavy (non-hydrogen) atoms. The summed E-state index contributed by atoms with van der Waals surface area (Å²) < 4.78 is 13.5. The molecule has 3 rings (SSSR count). The molecule has 0 aliphatic carbocycles. The summed E-state index contributed by atoms with van der Waals surface area (Å²) in [7, 11) is 0. The Bertz CT molecular complexity index is 751. The Balaban J connectivity index is 0.00000225. The van der Waals surface area contributed by atoms with Crippen molar-refractivity contribution in [3.63, 3.8) is 0 Å². The van der Waals surface area contributed by atoms with Crippen molar-refractivity contribution in [3.8, 4) is 0 Å². The maximum atomic E-state index is 13.5. The minimum absolute atomic E-state index is 0. The Morgan fingerprint density at radius 1 is 1.28 bits per heavy atom. The lowest BCUT2D eigenvalue weighted by atomic mass is 10.1. The first-order valence-corrected chi connectivity index (χ1v) is 8.25. The number of aliphatic imine (C=N–C) groups is 1. The Kier molecular flexibility index (Phi) is 7.19. The molecule has 0 fully saturated rings. The topological polar surface area (TPSA) is 47.9 Å². The third kappa shape index (κ3) is 4.49. The molecule has 0 radical (unpaired) electrons. The van der Waals surface area contributed by atoms with E-state index in [1.807, 2.05) is 13.0 Å². The van der Waals surface area contributed by atoms with Gasteiger partial charge in [-0.2, -0.15) is 0 Å². The fourth-order valence-electron chi connectivity index (χ4n) is 2.97. The van der Waals surface area contributed by atoms with E-state index in [9.17, 15) is 9.50 Å². The lowest BCUT2D eigenvalue weighted by molar-refractivity contribution is 0.275. The molecular weight excluding hydrogens is 432 g/mol. The quantitative estimate of drug-likeness (QED) is 0.422. The summed E-state index contributed by atoms with van der Waals surface area (Å²) in [4.78, 5) is 6.89. The summed E-state index contributed by atoms with van der Waals surface area (Å²) in [5.74, 6) is 0.447. The van der Waals surface area contributed by atoms with E-state index in [1.54, 1.807) is 12.1 Å². The van der Waals surface area contributed by atoms with Crippen LogP contribution in [0.4, 0.5) is 10.1 Å². The van der Waals surface area contributed by atoms with Crippen LogP contribution in [-0.2, 0) is 19.6 Å². The van der Waals surface area contributed by atoms with Crippen molar-refractivity contribution in [1.82, 2.24) is 5.32 Å². The molecule has 2 N–H and O–H groups in total. The fourth-order valence-corrected chi connectivity index (χ4v) is 2.97. The van der Waals surface area contributed by atoms with Crippen molar-refractivity contribution in [3.05, 3.63) is 65.0 Å². The van der Waals surface area contributed by atoms with Crippen LogP contribution >= 0.6 is 24.0 Å². The lowest BCUT2D eigenvalue weighted by Crippen LogP contribution is -2.40. The molecule has 0 amide bonds. The number of aliphatic hydroxyl groups excluding tert-OH is 1. The van der Waals surface area contributed by atoms with Gasteiger partial charge in [0.15, 0.2) is 5.96 Å². The van der Waals surface area contributed by atoms with E-state index in [4.69, 9.17) is 4.99 Å². The van der Waals surface area contributed by atoms with Crippen LogP contribution in [-0.4, -0.2) is 24.2 Å². The molecule has 2 aromatic rings. The minimum Gasteiger partial charge on any atom is -0.392 e. The van der Waals surface area contributed by atoms with Gasteiger partial charge in [-0.1, -0.05) is 24.3 Å². The number of nitrogens with one attached hydrogen (secondary N) is 1. The molecule has 0 saturated carbocycles. The van der Waals surface area contributed by atoms with Crippen molar-refractivity contribution in [2.45, 2.75) is 26.5 Å². The van der Waals surface area contributed by atoms with E-state index >= 15 is 0 Å². The van der Waals surface area contributed by atoms with E-state index in [0.29, 0.717) is 12.1 Å². The molecule has 134 valence electrons. The first-order valence-electron chi connectivity index (χ1n) is 8.25. The highest BCUT2D eigenvalue weighted by atomic mass is 127. The molecule has 0 saturated heterocycles. The van der Waals surface area contributed by atoms with E-state index in [2.05, 4.69) is 28.4 Å². The van der Waals surface area contributed by atoms with Crippen LogP contribution < -0.4 is 10.2 Å². The average molecular weight is 455 g/mol. The van der Waals surface area contributed by atoms with E-state index in [1.165, 1.54) is 17.3 Å². The molecule has 1 aliphatic heterocycles. The second-order valence-corrected chi connectivity index (χ2v) is 5.78. The van der Waals surface area contributed by atoms with Crippen molar-refractivity contribution in [2.24, 2.45) is 4.99 Å². The van der Waals surface area contributed by atoms with Gasteiger partial charge in [0, 0.05) is 24.3 Å². The third-order valence-corrected chi connectivity index (χ3v) is 4.17. The molecule has 0 bridgehead atoms. The zero-order valence-corrected chi connectivity index (χ0v) is 16.5. The van der Waals surface area contributed by atoms with Gasteiger partial charge in [-0.05, 0) is 42.7 Å². The molecular formula is C19H23FIN3O. The number of hydrogen-bond donors (Lipinski definition) is 2. The number of aliphatic hydroxyl groups is 1. The van der Waals surface area contributed by atoms with Crippen molar-refractivity contribution < 1.29 is 9.50 Å². The van der Waals surface area contributed by atoms with Crippen molar-refractivity contribution in [1.29, 1.82) is 0 Å². The zero-order valence-electron chi connectivity index (χ0n) is 14.2. The maximum Gasteiger partial charge on any atom is 0.198 e. The van der Waals surface area contributed by atoms with Gasteiger partial charge in [0.25, 0.3) is 0 Å². The standard InChI is InChI=1S/C19H22FN3O.HI/c1-2-21-19(23-10-9-15-5-3-4-6-18(15)23)22-12-14-7-8-17(20)16(11-14)13-24;/h3-8,11,24H,2,9-10,12-13H2,1H3,(H,21,22);1H. The normalized spacial score (nSPS) is 13.4. The maximum absolute atomic E-state index is 13.5. The summed E-state index contributed by atoms with van der Waals surface area (Å²) in [6.07, 6.45) is 1.01. The molecule has 0 atom stereocenters. The van der Waals surface area contributed by atoms with Gasteiger partial charge in [-0.3, -0.25) is 0 Å². The van der Waals surface area contributed by atoms with Crippen LogP contribution in [0.3, 0.4) is 0 Å². The molecule has 1 heterocycles. The SMILES string of the molecule is CCNC(=NCc1ccc(F)c(CO)c1)N1CCc2ccccc21.I. The molecule has 2 aromatic carbocycles. The Morgan fingerprint density at radius 2 is 2.08 bits per heavy atom. The highest BCUT2D eigenvalue weighted by molar-refractivity contribution is 14.0. The number of rotatable bonds is 4. The summed E-state index contributed by atoms with van der Waals surface area (Å²) >= 11 is 0. The number of fused-ring (bicyclic) bond motifs is 1. The van der Waals surface area contributed by atoms with Crippen LogP contribution in [0.2, 0.25) is 0 Å². The number of nitrogens with zero attached hydrogens (tertiary/aromatic N) is 2. The highest BCUT2D eigenvalue weighted by Gasteiger charge is 2.22. The van der Waals surface area contributed by atoms with Crippen LogP contribution in [0.1, 0.15) is 23.6 Å². The van der Waals surface area contributed by atoms with E-state index in [-0.39, 0.29) is 36.4 Å². The Hall–Kier alpha value is -1.67. The largest absolute Gasteiger partial charge is 0.392 e. The number of anilines is 1. The van der Waals surface area contributed by atoms with Gasteiger partial charge in [-0.15, -0.1) is 24.0 Å². The van der Waals surface area contributed by atoms with Crippen molar-refractivity contribution >= 4 is 35.6 Å². The zero-order chi connectivity index (χ0) is 16.9. The second kappa shape index (κ2) is 9.15. The summed E-state index contributed by atoms with van der Waals surface area (Å²) in [5.41, 5.74) is 3.70. The van der Waals surface area contributed by atoms with Crippen LogP contribution in [0.5, 0.6) is 0 Å². The number of para-hydroxylation sites is 1. The van der Waals surface area contributed by atoms with Gasteiger partial charge in [0.05, 0.1) is 13.2 Å². The second-order valence-electron chi connectivity index (χ2n) is 5.78. The molecule has 4 nitrogen and oxygen atoms in total. The molecule has 1 aliphatic rings. The fraction of sp³-hybridized carbons (Fsp3) is 0.316. The smallest absolute Gasteiger partial charge is 0.198 e. The number of hydrogen-bond acceptors (Lipinski definition) is 2. The number of guanidine groups is 1. The first-order chi connectivity index (χ1) is 11.7. The third-order valence-electron chi connectivity index (χ3n) is 4.17. The van der Waals surface area contributed by atoms with Gasteiger partial charge in [-0.25, -0.2) is 9.38 Å². The summed E-state index contributed by atoms with van der Waals surface area (Å²) in [5, 5.41) is 12.5. The predicted octanol–water partition coefficient (Wildman–Crippen LogP) is 3.46. The first kappa shape index (κ1) is 19.7. The summed E-state index contributed by atoms with van der Waals surface area (Å²) in [6.45, 7) is 3.86.